The Bertz CT molecular complexity index is 200. The molecule has 0 radical (unpaired) electrons. The largest absolute Gasteiger partial charge is 0.390 e. The molecule has 0 saturated heterocycles. The number of nitrogen functional groups attached to an aromatic ring is 1. The molecule has 0 atom stereocenters. The number of hydrogen-bond acceptors (Lipinski definition) is 3. The van der Waals surface area contributed by atoms with Crippen LogP contribution < -0.4 is 5.73 Å². The first-order valence-corrected chi connectivity index (χ1v) is 2.65. The molecule has 1 heterocycles. The zero-order valence-corrected chi connectivity index (χ0v) is 4.91. The summed E-state index contributed by atoms with van der Waals surface area (Å²) in [6.45, 7) is -0.0506. The van der Waals surface area contributed by atoms with Crippen LogP contribution >= 0.6 is 0 Å². The van der Waals surface area contributed by atoms with Gasteiger partial charge in [0.15, 0.2) is 0 Å². The molecule has 0 saturated carbocycles. The standard InChI is InChI=1S/C6H8N2O/c7-6-3-1-2-5(4-9)8-6/h1-3,9H,4H2,(H2,7,8). The fraction of sp³-hybridized carbons (Fsp3) is 0.167. The molecule has 1 aromatic heterocycles. The van der Waals surface area contributed by atoms with E-state index in [4.69, 9.17) is 10.8 Å². The van der Waals surface area contributed by atoms with E-state index in [1.54, 1.807) is 18.2 Å². The van der Waals surface area contributed by atoms with E-state index in [1.807, 2.05) is 0 Å². The summed E-state index contributed by atoms with van der Waals surface area (Å²) >= 11 is 0. The SMILES string of the molecule is Nc1cccc(CO)n1. The van der Waals surface area contributed by atoms with Crippen molar-refractivity contribution in [2.24, 2.45) is 0 Å². The quantitative estimate of drug-likeness (QED) is 0.560. The van der Waals surface area contributed by atoms with E-state index in [2.05, 4.69) is 4.98 Å². The highest BCUT2D eigenvalue weighted by Crippen LogP contribution is 1.98. The molecule has 0 aromatic carbocycles. The second-order valence-corrected chi connectivity index (χ2v) is 1.71. The van der Waals surface area contributed by atoms with E-state index < -0.39 is 0 Å². The normalized spacial score (nSPS) is 9.44. The zero-order valence-electron chi connectivity index (χ0n) is 4.91. The second kappa shape index (κ2) is 2.46. The topological polar surface area (TPSA) is 59.1 Å². The molecule has 3 N–H and O–H groups in total. The first-order valence-electron chi connectivity index (χ1n) is 2.65. The van der Waals surface area contributed by atoms with E-state index in [0.717, 1.165) is 0 Å². The highest BCUT2D eigenvalue weighted by Gasteiger charge is 1.88. The van der Waals surface area contributed by atoms with Crippen molar-refractivity contribution in [1.82, 2.24) is 4.98 Å². The molecule has 1 rings (SSSR count). The lowest BCUT2D eigenvalue weighted by molar-refractivity contribution is 0.277. The third-order valence-electron chi connectivity index (χ3n) is 0.990. The van der Waals surface area contributed by atoms with Crippen LogP contribution in [0.1, 0.15) is 5.69 Å². The van der Waals surface area contributed by atoms with E-state index in [0.29, 0.717) is 11.5 Å². The number of nitrogens with zero attached hydrogens (tertiary/aromatic N) is 1. The monoisotopic (exact) mass is 124 g/mol. The summed E-state index contributed by atoms with van der Waals surface area (Å²) in [6.07, 6.45) is 0. The van der Waals surface area contributed by atoms with Gasteiger partial charge < -0.3 is 10.8 Å². The van der Waals surface area contributed by atoms with Crippen molar-refractivity contribution in [3.05, 3.63) is 23.9 Å². The molecule has 3 nitrogen and oxygen atoms in total. The summed E-state index contributed by atoms with van der Waals surface area (Å²) in [5.41, 5.74) is 5.92. The van der Waals surface area contributed by atoms with E-state index >= 15 is 0 Å². The molecule has 0 unspecified atom stereocenters. The lowest BCUT2D eigenvalue weighted by Gasteiger charge is -1.93. The minimum absolute atomic E-state index is 0.0506. The Balaban J connectivity index is 2.94. The maximum absolute atomic E-state index is 8.54. The minimum atomic E-state index is -0.0506. The molecule has 0 aliphatic rings. The van der Waals surface area contributed by atoms with E-state index in [1.165, 1.54) is 0 Å². The number of aliphatic hydroxyl groups is 1. The van der Waals surface area contributed by atoms with Crippen molar-refractivity contribution in [3.8, 4) is 0 Å². The van der Waals surface area contributed by atoms with Gasteiger partial charge in [-0.3, -0.25) is 0 Å². The summed E-state index contributed by atoms with van der Waals surface area (Å²) in [6, 6.07) is 5.16. The van der Waals surface area contributed by atoms with Crippen molar-refractivity contribution in [1.29, 1.82) is 0 Å². The van der Waals surface area contributed by atoms with Gasteiger partial charge in [0.05, 0.1) is 12.3 Å². The van der Waals surface area contributed by atoms with Crippen LogP contribution in [0.3, 0.4) is 0 Å². The average molecular weight is 124 g/mol. The predicted octanol–water partition coefficient (Wildman–Crippen LogP) is 0.156. The molecular formula is C6H8N2O. The van der Waals surface area contributed by atoms with Gasteiger partial charge in [-0.1, -0.05) is 6.07 Å². The van der Waals surface area contributed by atoms with Gasteiger partial charge >= 0.3 is 0 Å². The molecular weight excluding hydrogens is 116 g/mol. The summed E-state index contributed by atoms with van der Waals surface area (Å²) in [4.78, 5) is 3.82. The molecule has 0 amide bonds. The van der Waals surface area contributed by atoms with Crippen LogP contribution in [0.5, 0.6) is 0 Å². The first-order chi connectivity index (χ1) is 4.33. The van der Waals surface area contributed by atoms with Crippen LogP contribution in [-0.2, 0) is 6.61 Å². The van der Waals surface area contributed by atoms with Gasteiger partial charge in [0.1, 0.15) is 5.82 Å². The highest BCUT2D eigenvalue weighted by atomic mass is 16.3. The number of hydrogen-bond donors (Lipinski definition) is 2. The Labute approximate surface area is 53.2 Å². The van der Waals surface area contributed by atoms with E-state index in [-0.39, 0.29) is 6.61 Å². The van der Waals surface area contributed by atoms with Crippen LogP contribution in [0.25, 0.3) is 0 Å². The number of nitrogens with two attached hydrogens (primary N) is 1. The molecule has 3 heteroatoms. The molecule has 0 spiro atoms. The molecule has 0 bridgehead atoms. The number of aromatic nitrogens is 1. The van der Waals surface area contributed by atoms with Crippen molar-refractivity contribution < 1.29 is 5.11 Å². The number of pyridine rings is 1. The third-order valence-corrected chi connectivity index (χ3v) is 0.990. The average Bonchev–Trinajstić information content (AvgIpc) is 1.88. The van der Waals surface area contributed by atoms with Gasteiger partial charge in [-0.15, -0.1) is 0 Å². The Morgan fingerprint density at radius 1 is 1.56 bits per heavy atom. The second-order valence-electron chi connectivity index (χ2n) is 1.71. The van der Waals surface area contributed by atoms with Crippen LogP contribution in [0.15, 0.2) is 18.2 Å². The Hall–Kier alpha value is -1.09. The first kappa shape index (κ1) is 6.04. The molecule has 1 aromatic rings. The van der Waals surface area contributed by atoms with Gasteiger partial charge in [0.25, 0.3) is 0 Å². The fourth-order valence-corrected chi connectivity index (χ4v) is 0.586. The Kier molecular flexibility index (Phi) is 1.65. The molecule has 0 aliphatic carbocycles. The van der Waals surface area contributed by atoms with Gasteiger partial charge in [0, 0.05) is 0 Å². The van der Waals surface area contributed by atoms with Crippen molar-refractivity contribution in [2.75, 3.05) is 5.73 Å². The molecule has 48 valence electrons. The molecule has 0 aliphatic heterocycles. The van der Waals surface area contributed by atoms with Crippen LogP contribution in [0, 0.1) is 0 Å². The zero-order chi connectivity index (χ0) is 6.69. The Morgan fingerprint density at radius 3 is 2.78 bits per heavy atom. The third kappa shape index (κ3) is 1.40. The molecule has 0 fully saturated rings. The summed E-state index contributed by atoms with van der Waals surface area (Å²) < 4.78 is 0. The van der Waals surface area contributed by atoms with Crippen molar-refractivity contribution >= 4 is 5.82 Å². The fourth-order valence-electron chi connectivity index (χ4n) is 0.586. The summed E-state index contributed by atoms with van der Waals surface area (Å²) in [7, 11) is 0. The molecule has 9 heavy (non-hydrogen) atoms. The van der Waals surface area contributed by atoms with Crippen LogP contribution in [0.4, 0.5) is 5.82 Å². The smallest absolute Gasteiger partial charge is 0.123 e. The minimum Gasteiger partial charge on any atom is -0.390 e. The lowest BCUT2D eigenvalue weighted by Crippen LogP contribution is -1.93. The van der Waals surface area contributed by atoms with Crippen molar-refractivity contribution in [3.63, 3.8) is 0 Å². The highest BCUT2D eigenvalue weighted by molar-refractivity contribution is 5.28. The maximum Gasteiger partial charge on any atom is 0.123 e. The summed E-state index contributed by atoms with van der Waals surface area (Å²) in [5, 5.41) is 8.54. The van der Waals surface area contributed by atoms with E-state index in [9.17, 15) is 0 Å². The van der Waals surface area contributed by atoms with Crippen LogP contribution in [0.2, 0.25) is 0 Å². The number of anilines is 1. The lowest BCUT2D eigenvalue weighted by atomic mass is 10.3. The van der Waals surface area contributed by atoms with Gasteiger partial charge in [0.2, 0.25) is 0 Å². The maximum atomic E-state index is 8.54. The summed E-state index contributed by atoms with van der Waals surface area (Å²) in [5.74, 6) is 0.446. The number of rotatable bonds is 1. The van der Waals surface area contributed by atoms with Crippen molar-refractivity contribution in [2.45, 2.75) is 6.61 Å². The number of aliphatic hydroxyl groups excluding tert-OH is 1. The van der Waals surface area contributed by atoms with Gasteiger partial charge in [-0.2, -0.15) is 0 Å². The van der Waals surface area contributed by atoms with Gasteiger partial charge in [-0.05, 0) is 12.1 Å². The van der Waals surface area contributed by atoms with Crippen LogP contribution in [-0.4, -0.2) is 10.1 Å². The Morgan fingerprint density at radius 2 is 2.33 bits per heavy atom. The van der Waals surface area contributed by atoms with Gasteiger partial charge in [-0.25, -0.2) is 4.98 Å². The predicted molar refractivity (Wildman–Crippen MR) is 34.6 cm³/mol.